The van der Waals surface area contributed by atoms with Gasteiger partial charge in [0.2, 0.25) is 0 Å². The van der Waals surface area contributed by atoms with Crippen molar-refractivity contribution in [1.82, 2.24) is 19.8 Å². The molecule has 0 unspecified atom stereocenters. The van der Waals surface area contributed by atoms with Crippen LogP contribution >= 0.6 is 0 Å². The third-order valence-corrected chi connectivity index (χ3v) is 7.46. The molecule has 3 aromatic carbocycles. The Kier molecular flexibility index (Phi) is 4.52. The maximum Gasteiger partial charge on any atom is 0.259 e. The summed E-state index contributed by atoms with van der Waals surface area (Å²) in [4.78, 5) is 31.9. The van der Waals surface area contributed by atoms with E-state index < -0.39 is 23.4 Å². The minimum atomic E-state index is -0.536. The van der Waals surface area contributed by atoms with Crippen molar-refractivity contribution in [2.24, 2.45) is 0 Å². The van der Waals surface area contributed by atoms with Crippen LogP contribution in [0.5, 0.6) is 0 Å². The fraction of sp³-hybridized carbons (Fsp3) is 0.259. The molecule has 0 radical (unpaired) electrons. The van der Waals surface area contributed by atoms with E-state index in [4.69, 9.17) is 4.74 Å². The number of carbonyl (C=O) groups excluding carboxylic acids is 2. The summed E-state index contributed by atoms with van der Waals surface area (Å²) < 4.78 is 36.5. The minimum absolute atomic E-state index is 0.0573. The average Bonchev–Trinajstić information content (AvgIpc) is 3.48. The van der Waals surface area contributed by atoms with E-state index >= 15 is 0 Å². The van der Waals surface area contributed by atoms with E-state index in [1.54, 1.807) is 12.1 Å². The third kappa shape index (κ3) is 2.90. The highest BCUT2D eigenvalue weighted by atomic mass is 19.1. The van der Waals surface area contributed by atoms with Crippen LogP contribution in [0.4, 0.5) is 8.78 Å². The monoisotopic (exact) mass is 488 g/mol. The lowest BCUT2D eigenvalue weighted by Crippen LogP contribution is -2.39. The number of aromatic amines is 1. The molecular formula is C27H22F2N4O3. The van der Waals surface area contributed by atoms with Crippen molar-refractivity contribution < 1.29 is 23.1 Å². The first-order valence-electron chi connectivity index (χ1n) is 12.0. The number of hydrogen-bond donors (Lipinski definition) is 2. The number of rotatable bonds is 3. The molecule has 0 saturated carbocycles. The first-order valence-corrected chi connectivity index (χ1v) is 12.0. The Bertz CT molecular complexity index is 1760. The lowest BCUT2D eigenvalue weighted by molar-refractivity contribution is 0.0330. The Labute approximate surface area is 203 Å². The summed E-state index contributed by atoms with van der Waals surface area (Å²) in [5, 5.41) is 4.52. The van der Waals surface area contributed by atoms with E-state index in [0.717, 1.165) is 25.2 Å². The Morgan fingerprint density at radius 1 is 0.944 bits per heavy atom. The average molecular weight is 488 g/mol. The van der Waals surface area contributed by atoms with Crippen LogP contribution in [0.15, 0.2) is 36.4 Å². The number of fused-ring (bicyclic) bond motifs is 10. The molecule has 4 heterocycles. The van der Waals surface area contributed by atoms with Crippen LogP contribution in [-0.4, -0.2) is 59.1 Å². The summed E-state index contributed by atoms with van der Waals surface area (Å²) in [5.74, 6) is -1.94. The maximum absolute atomic E-state index is 14.6. The van der Waals surface area contributed by atoms with Gasteiger partial charge in [0.1, 0.15) is 11.6 Å². The summed E-state index contributed by atoms with van der Waals surface area (Å²) >= 11 is 0. The summed E-state index contributed by atoms with van der Waals surface area (Å²) in [6.45, 7) is 5.76. The van der Waals surface area contributed by atoms with Crippen molar-refractivity contribution in [3.05, 3.63) is 59.2 Å². The second-order valence-corrected chi connectivity index (χ2v) is 9.62. The van der Waals surface area contributed by atoms with Crippen molar-refractivity contribution >= 4 is 55.4 Å². The van der Waals surface area contributed by atoms with Crippen molar-refractivity contribution in [3.63, 3.8) is 0 Å². The molecule has 182 valence electrons. The Morgan fingerprint density at radius 3 is 2.36 bits per heavy atom. The molecule has 2 N–H and O–H groups in total. The molecule has 1 saturated heterocycles. The highest BCUT2D eigenvalue weighted by molar-refractivity contribution is 6.39. The van der Waals surface area contributed by atoms with Crippen LogP contribution in [0.2, 0.25) is 0 Å². The fourth-order valence-electron chi connectivity index (χ4n) is 6.02. The summed E-state index contributed by atoms with van der Waals surface area (Å²) in [5.41, 5.74) is 3.14. The zero-order chi connectivity index (χ0) is 24.7. The largest absolute Gasteiger partial charge is 0.379 e. The van der Waals surface area contributed by atoms with E-state index in [2.05, 4.69) is 26.7 Å². The van der Waals surface area contributed by atoms with Gasteiger partial charge in [-0.1, -0.05) is 0 Å². The predicted octanol–water partition coefficient (Wildman–Crippen LogP) is 4.48. The number of morpholine rings is 1. The SMILES string of the molecule is C[C@@H](CN1CCOCC1)n1c2ccc(F)cc2c2c3c(c4c5cc(F)ccc5[nH]c4c21)C(=O)NC3=O. The van der Waals surface area contributed by atoms with Crippen LogP contribution in [0, 0.1) is 11.6 Å². The molecule has 0 spiro atoms. The molecular weight excluding hydrogens is 466 g/mol. The van der Waals surface area contributed by atoms with Gasteiger partial charge < -0.3 is 14.3 Å². The smallest absolute Gasteiger partial charge is 0.259 e. The Hall–Kier alpha value is -3.82. The number of nitrogens with one attached hydrogen (secondary N) is 2. The van der Waals surface area contributed by atoms with Gasteiger partial charge in [-0.3, -0.25) is 19.8 Å². The predicted molar refractivity (Wildman–Crippen MR) is 132 cm³/mol. The molecule has 7 nitrogen and oxygen atoms in total. The van der Waals surface area contributed by atoms with Crippen LogP contribution in [0.25, 0.3) is 43.6 Å². The van der Waals surface area contributed by atoms with Crippen LogP contribution in [-0.2, 0) is 4.74 Å². The molecule has 2 aliphatic rings. The number of hydrogen-bond acceptors (Lipinski definition) is 4. The molecule has 2 aliphatic heterocycles. The Morgan fingerprint density at radius 2 is 1.61 bits per heavy atom. The summed E-state index contributed by atoms with van der Waals surface area (Å²) in [6, 6.07) is 8.84. The van der Waals surface area contributed by atoms with Gasteiger partial charge >= 0.3 is 0 Å². The molecule has 2 amide bonds. The van der Waals surface area contributed by atoms with E-state index in [1.165, 1.54) is 24.3 Å². The van der Waals surface area contributed by atoms with Gasteiger partial charge in [0, 0.05) is 58.3 Å². The zero-order valence-corrected chi connectivity index (χ0v) is 19.5. The molecule has 2 aromatic heterocycles. The number of imide groups is 1. The summed E-state index contributed by atoms with van der Waals surface area (Å²) in [7, 11) is 0. The lowest BCUT2D eigenvalue weighted by Gasteiger charge is -2.30. The van der Waals surface area contributed by atoms with Crippen LogP contribution in [0.1, 0.15) is 33.7 Å². The van der Waals surface area contributed by atoms with Crippen molar-refractivity contribution in [3.8, 4) is 0 Å². The van der Waals surface area contributed by atoms with Crippen molar-refractivity contribution in [1.29, 1.82) is 0 Å². The number of carbonyl (C=O) groups is 2. The molecule has 1 atom stereocenters. The molecule has 9 heteroatoms. The van der Waals surface area contributed by atoms with Crippen molar-refractivity contribution in [2.45, 2.75) is 13.0 Å². The van der Waals surface area contributed by atoms with E-state index in [1.807, 2.05) is 0 Å². The molecule has 36 heavy (non-hydrogen) atoms. The van der Waals surface area contributed by atoms with E-state index in [0.29, 0.717) is 51.3 Å². The minimum Gasteiger partial charge on any atom is -0.379 e. The number of H-pyrrole nitrogens is 1. The van der Waals surface area contributed by atoms with E-state index in [-0.39, 0.29) is 17.2 Å². The van der Waals surface area contributed by atoms with Gasteiger partial charge in [-0.2, -0.15) is 0 Å². The second kappa shape index (κ2) is 7.59. The van der Waals surface area contributed by atoms with Gasteiger partial charge in [0.25, 0.3) is 11.8 Å². The zero-order valence-electron chi connectivity index (χ0n) is 19.5. The topological polar surface area (TPSA) is 79.4 Å². The van der Waals surface area contributed by atoms with Crippen LogP contribution < -0.4 is 5.32 Å². The number of ether oxygens (including phenoxy) is 1. The number of amides is 2. The van der Waals surface area contributed by atoms with Gasteiger partial charge in [-0.15, -0.1) is 0 Å². The first kappa shape index (κ1) is 21.5. The normalized spacial score (nSPS) is 17.5. The molecule has 0 bridgehead atoms. The number of benzene rings is 3. The van der Waals surface area contributed by atoms with E-state index in [9.17, 15) is 18.4 Å². The molecule has 1 fully saturated rings. The second-order valence-electron chi connectivity index (χ2n) is 9.62. The fourth-order valence-corrected chi connectivity index (χ4v) is 6.02. The summed E-state index contributed by atoms with van der Waals surface area (Å²) in [6.07, 6.45) is 0. The number of nitrogens with zero attached hydrogens (tertiary/aromatic N) is 2. The van der Waals surface area contributed by atoms with Gasteiger partial charge in [-0.05, 0) is 43.3 Å². The van der Waals surface area contributed by atoms with Gasteiger partial charge in [0.05, 0.1) is 35.4 Å². The first-order chi connectivity index (χ1) is 17.4. The lowest BCUT2D eigenvalue weighted by atomic mass is 9.96. The van der Waals surface area contributed by atoms with Gasteiger partial charge in [0.15, 0.2) is 0 Å². The number of aromatic nitrogens is 2. The highest BCUT2D eigenvalue weighted by Gasteiger charge is 2.36. The Balaban J connectivity index is 1.65. The molecule has 7 rings (SSSR count). The standard InChI is InChI=1S/C27H22F2N4O3/c1-13(12-32-6-8-36-9-7-32)33-19-5-3-15(29)11-17(19)21-23-22(26(34)31-27(23)35)20-16-10-14(28)2-4-18(16)30-24(20)25(21)33/h2-5,10-11,13,30H,6-9,12H2,1H3,(H,31,34,35)/t13-/m0/s1. The molecule has 0 aliphatic carbocycles. The maximum atomic E-state index is 14.6. The number of halogens is 2. The highest BCUT2D eigenvalue weighted by Crippen LogP contribution is 2.44. The van der Waals surface area contributed by atoms with Crippen LogP contribution in [0.3, 0.4) is 0 Å². The van der Waals surface area contributed by atoms with Crippen molar-refractivity contribution in [2.75, 3.05) is 32.8 Å². The molecule has 5 aromatic rings. The van der Waals surface area contributed by atoms with Gasteiger partial charge in [-0.25, -0.2) is 8.78 Å². The quantitative estimate of drug-likeness (QED) is 0.367. The third-order valence-electron chi connectivity index (χ3n) is 7.46.